The molecule has 2 heterocycles. The van der Waals surface area contributed by atoms with E-state index in [9.17, 15) is 0 Å². The van der Waals surface area contributed by atoms with Gasteiger partial charge in [-0.2, -0.15) is 11.8 Å². The van der Waals surface area contributed by atoms with Crippen molar-refractivity contribution in [2.45, 2.75) is 26.9 Å². The van der Waals surface area contributed by atoms with Gasteiger partial charge in [0.15, 0.2) is 0 Å². The summed E-state index contributed by atoms with van der Waals surface area (Å²) in [7, 11) is 0. The maximum absolute atomic E-state index is 4.45. The van der Waals surface area contributed by atoms with E-state index < -0.39 is 0 Å². The van der Waals surface area contributed by atoms with Gasteiger partial charge in [-0.25, -0.2) is 9.13 Å². The van der Waals surface area contributed by atoms with Crippen LogP contribution in [0.25, 0.3) is 0 Å². The van der Waals surface area contributed by atoms with Crippen LogP contribution in [0.1, 0.15) is 13.8 Å². The molecule has 1 fully saturated rings. The number of nitrogens with zero attached hydrogens (tertiary/aromatic N) is 5. The summed E-state index contributed by atoms with van der Waals surface area (Å²) in [6.07, 6.45) is 4.10. The molecule has 23 heavy (non-hydrogen) atoms. The fourth-order valence-corrected chi connectivity index (χ4v) is 3.63. The highest BCUT2D eigenvalue weighted by atomic mass is 32.2. The standard InChI is InChI=1S/C17H24N5S/c1-3-20-9-10-21(4-2)17(20)19-18-15-5-7-16(8-6-15)22-11-13-23-14-12-22/h5-10H,3-4,11-14H2,1-2H3/q+1. The number of aryl methyl sites for hydroxylation is 2. The van der Waals surface area contributed by atoms with Crippen molar-refractivity contribution in [3.63, 3.8) is 0 Å². The van der Waals surface area contributed by atoms with Gasteiger partial charge in [0.05, 0.1) is 25.5 Å². The molecule has 3 rings (SSSR count). The Bertz CT molecular complexity index is 635. The molecule has 0 N–H and O–H groups in total. The van der Waals surface area contributed by atoms with Crippen LogP contribution in [0.2, 0.25) is 0 Å². The van der Waals surface area contributed by atoms with Crippen LogP contribution >= 0.6 is 11.8 Å². The van der Waals surface area contributed by atoms with Gasteiger partial charge < -0.3 is 4.90 Å². The lowest BCUT2D eigenvalue weighted by atomic mass is 10.2. The lowest BCUT2D eigenvalue weighted by Crippen LogP contribution is -2.32. The van der Waals surface area contributed by atoms with E-state index >= 15 is 0 Å². The van der Waals surface area contributed by atoms with Gasteiger partial charge in [-0.1, -0.05) is 5.11 Å². The number of hydrogen-bond acceptors (Lipinski definition) is 4. The third-order valence-electron chi connectivity index (χ3n) is 4.10. The molecular weight excluding hydrogens is 306 g/mol. The minimum Gasteiger partial charge on any atom is -0.370 e. The van der Waals surface area contributed by atoms with Gasteiger partial charge in [0.25, 0.3) is 0 Å². The van der Waals surface area contributed by atoms with E-state index in [1.165, 1.54) is 17.2 Å². The van der Waals surface area contributed by atoms with E-state index in [4.69, 9.17) is 0 Å². The van der Waals surface area contributed by atoms with Crippen LogP contribution in [0.15, 0.2) is 46.9 Å². The average molecular weight is 330 g/mol. The zero-order valence-corrected chi connectivity index (χ0v) is 14.7. The van der Waals surface area contributed by atoms with Gasteiger partial charge in [0.1, 0.15) is 5.69 Å². The monoisotopic (exact) mass is 330 g/mol. The highest BCUT2D eigenvalue weighted by Crippen LogP contribution is 2.23. The van der Waals surface area contributed by atoms with Gasteiger partial charge >= 0.3 is 5.95 Å². The normalized spacial score (nSPS) is 15.5. The Balaban J connectivity index is 1.74. The molecule has 2 aromatic rings. The number of rotatable bonds is 5. The van der Waals surface area contributed by atoms with Gasteiger partial charge in [0, 0.05) is 35.4 Å². The number of benzene rings is 1. The van der Waals surface area contributed by atoms with E-state index in [2.05, 4.69) is 74.8 Å². The van der Waals surface area contributed by atoms with Crippen molar-refractivity contribution in [3.05, 3.63) is 36.7 Å². The minimum absolute atomic E-state index is 0.895. The molecule has 1 aromatic carbocycles. The van der Waals surface area contributed by atoms with Crippen molar-refractivity contribution in [2.24, 2.45) is 10.2 Å². The summed E-state index contributed by atoms with van der Waals surface area (Å²) in [6, 6.07) is 8.40. The highest BCUT2D eigenvalue weighted by molar-refractivity contribution is 7.99. The topological polar surface area (TPSA) is 36.8 Å². The molecule has 0 aliphatic carbocycles. The molecular formula is C17H24N5S+. The number of anilines is 1. The van der Waals surface area contributed by atoms with E-state index in [-0.39, 0.29) is 0 Å². The molecule has 0 amide bonds. The zero-order valence-electron chi connectivity index (χ0n) is 13.9. The van der Waals surface area contributed by atoms with Gasteiger partial charge in [-0.05, 0) is 38.1 Å². The van der Waals surface area contributed by atoms with E-state index in [0.717, 1.165) is 37.8 Å². The maximum atomic E-state index is 4.45. The molecule has 6 heteroatoms. The third kappa shape index (κ3) is 3.75. The first-order chi connectivity index (χ1) is 11.3. The molecule has 1 saturated heterocycles. The molecule has 0 radical (unpaired) electrons. The smallest absolute Gasteiger partial charge is 0.370 e. The first-order valence-electron chi connectivity index (χ1n) is 8.25. The molecule has 0 bridgehead atoms. The molecule has 0 unspecified atom stereocenters. The van der Waals surface area contributed by atoms with Gasteiger partial charge in [-0.15, -0.1) is 0 Å². The highest BCUT2D eigenvalue weighted by Gasteiger charge is 2.14. The maximum Gasteiger partial charge on any atom is 0.421 e. The number of aromatic nitrogens is 2. The van der Waals surface area contributed by atoms with Crippen molar-refractivity contribution >= 4 is 29.1 Å². The molecule has 0 atom stereocenters. The Labute approximate surface area is 142 Å². The number of azo groups is 1. The van der Waals surface area contributed by atoms with Crippen LogP contribution in [-0.2, 0) is 13.1 Å². The minimum atomic E-state index is 0.895. The van der Waals surface area contributed by atoms with Crippen molar-refractivity contribution in [1.29, 1.82) is 0 Å². The third-order valence-corrected chi connectivity index (χ3v) is 5.05. The summed E-state index contributed by atoms with van der Waals surface area (Å²) in [4.78, 5) is 2.44. The zero-order chi connectivity index (χ0) is 16.1. The summed E-state index contributed by atoms with van der Waals surface area (Å²) in [5.74, 6) is 3.33. The van der Waals surface area contributed by atoms with Gasteiger partial charge in [-0.3, -0.25) is 0 Å². The molecule has 5 nitrogen and oxygen atoms in total. The molecule has 0 spiro atoms. The van der Waals surface area contributed by atoms with E-state index in [1.54, 1.807) is 0 Å². The van der Waals surface area contributed by atoms with Crippen LogP contribution in [-0.4, -0.2) is 29.2 Å². The van der Waals surface area contributed by atoms with E-state index in [0.29, 0.717) is 0 Å². The summed E-state index contributed by atoms with van der Waals surface area (Å²) in [5, 5.41) is 8.87. The molecule has 122 valence electrons. The molecule has 0 saturated carbocycles. The van der Waals surface area contributed by atoms with Crippen molar-refractivity contribution < 1.29 is 4.57 Å². The Morgan fingerprint density at radius 1 is 1.09 bits per heavy atom. The second-order valence-corrected chi connectivity index (χ2v) is 6.71. The quantitative estimate of drug-likeness (QED) is 0.618. The summed E-state index contributed by atoms with van der Waals surface area (Å²) in [6.45, 7) is 8.29. The average Bonchev–Trinajstić information content (AvgIpc) is 3.03. The fourth-order valence-electron chi connectivity index (χ4n) is 2.72. The lowest BCUT2D eigenvalue weighted by Gasteiger charge is -2.28. The van der Waals surface area contributed by atoms with Crippen LogP contribution in [0.5, 0.6) is 0 Å². The lowest BCUT2D eigenvalue weighted by molar-refractivity contribution is -0.680. The van der Waals surface area contributed by atoms with Crippen molar-refractivity contribution in [1.82, 2.24) is 4.57 Å². The van der Waals surface area contributed by atoms with Crippen molar-refractivity contribution in [2.75, 3.05) is 29.5 Å². The number of hydrogen-bond donors (Lipinski definition) is 0. The second-order valence-electron chi connectivity index (χ2n) is 5.49. The van der Waals surface area contributed by atoms with Crippen LogP contribution < -0.4 is 9.47 Å². The summed E-state index contributed by atoms with van der Waals surface area (Å²) < 4.78 is 4.21. The predicted molar refractivity (Wildman–Crippen MR) is 96.1 cm³/mol. The Kier molecular flexibility index (Phi) is 5.33. The number of imidazole rings is 1. The van der Waals surface area contributed by atoms with Gasteiger partial charge in [0.2, 0.25) is 0 Å². The SMILES string of the molecule is CCn1cc[n+](CC)c1N=Nc1ccc(N2CCSCC2)cc1. The second kappa shape index (κ2) is 7.64. The summed E-state index contributed by atoms with van der Waals surface area (Å²) in [5.41, 5.74) is 2.18. The largest absolute Gasteiger partial charge is 0.421 e. The fraction of sp³-hybridized carbons (Fsp3) is 0.471. The Morgan fingerprint density at radius 2 is 1.83 bits per heavy atom. The van der Waals surface area contributed by atoms with Crippen LogP contribution in [0.3, 0.4) is 0 Å². The molecule has 1 aliphatic heterocycles. The van der Waals surface area contributed by atoms with Crippen LogP contribution in [0.4, 0.5) is 17.3 Å². The van der Waals surface area contributed by atoms with E-state index in [1.807, 2.05) is 11.8 Å². The predicted octanol–water partition coefficient (Wildman–Crippen LogP) is 3.78. The Morgan fingerprint density at radius 3 is 2.48 bits per heavy atom. The molecule has 1 aromatic heterocycles. The first-order valence-corrected chi connectivity index (χ1v) is 9.40. The van der Waals surface area contributed by atoms with Crippen LogP contribution in [0, 0.1) is 0 Å². The molecule has 1 aliphatic rings. The first kappa shape index (κ1) is 16.1. The Hall–Kier alpha value is -1.82. The number of thioether (sulfide) groups is 1. The summed E-state index contributed by atoms with van der Waals surface area (Å²) >= 11 is 2.03. The van der Waals surface area contributed by atoms with Crippen molar-refractivity contribution in [3.8, 4) is 0 Å².